The fourth-order valence-electron chi connectivity index (χ4n) is 2.41. The van der Waals surface area contributed by atoms with Crippen LogP contribution in [0, 0.1) is 11.3 Å². The summed E-state index contributed by atoms with van der Waals surface area (Å²) in [5, 5.41) is 8.96. The minimum atomic E-state index is -4.41. The van der Waals surface area contributed by atoms with Gasteiger partial charge in [0.05, 0.1) is 5.56 Å². The maximum Gasteiger partial charge on any atom is 0.419 e. The zero-order chi connectivity index (χ0) is 15.6. The van der Waals surface area contributed by atoms with Crippen LogP contribution >= 0.6 is 11.6 Å². The van der Waals surface area contributed by atoms with Crippen LogP contribution in [0.25, 0.3) is 0 Å². The highest BCUT2D eigenvalue weighted by Crippen LogP contribution is 2.31. The number of nitrogens with one attached hydrogen (secondary N) is 2. The van der Waals surface area contributed by atoms with Gasteiger partial charge in [0, 0.05) is 6.92 Å². The summed E-state index contributed by atoms with van der Waals surface area (Å²) in [5.41, 5.74) is -0.793. The Kier molecular flexibility index (Phi) is 4.59. The molecule has 21 heavy (non-hydrogen) atoms. The Bertz CT molecular complexity index is 547. The molecule has 1 saturated heterocycles. The van der Waals surface area contributed by atoms with Gasteiger partial charge in [-0.3, -0.25) is 0 Å². The third kappa shape index (κ3) is 3.57. The van der Waals surface area contributed by atoms with E-state index in [9.17, 15) is 13.2 Å². The number of hydrogen-bond donors (Lipinski definition) is 1. The number of aromatic amines is 1. The minimum absolute atomic E-state index is 0.0570. The summed E-state index contributed by atoms with van der Waals surface area (Å²) in [6, 6.07) is 3.06. The van der Waals surface area contributed by atoms with Crippen molar-refractivity contribution in [2.75, 3.05) is 31.1 Å². The molecule has 1 atom stereocenters. The maximum absolute atomic E-state index is 12.6. The summed E-state index contributed by atoms with van der Waals surface area (Å²) in [6.45, 7) is 4.65. The summed E-state index contributed by atoms with van der Waals surface area (Å²) < 4.78 is 37.8. The molecule has 0 radical (unpaired) electrons. The molecular formula is C13H16ClF3N4+2. The van der Waals surface area contributed by atoms with E-state index < -0.39 is 11.7 Å². The largest absolute Gasteiger partial charge is 0.419 e. The van der Waals surface area contributed by atoms with Gasteiger partial charge in [-0.05, 0) is 6.07 Å². The second kappa shape index (κ2) is 6.08. The molecule has 1 aliphatic rings. The van der Waals surface area contributed by atoms with Gasteiger partial charge >= 0.3 is 6.18 Å². The van der Waals surface area contributed by atoms with E-state index in [2.05, 4.69) is 11.1 Å². The van der Waals surface area contributed by atoms with E-state index in [-0.39, 0.29) is 11.1 Å². The summed E-state index contributed by atoms with van der Waals surface area (Å²) in [6.07, 6.45) is -3.48. The van der Waals surface area contributed by atoms with Crippen LogP contribution in [-0.2, 0) is 6.18 Å². The van der Waals surface area contributed by atoms with Crippen LogP contribution < -0.4 is 14.8 Å². The first kappa shape index (κ1) is 15.9. The van der Waals surface area contributed by atoms with Crippen molar-refractivity contribution in [3.8, 4) is 6.07 Å². The predicted octanol–water partition coefficient (Wildman–Crippen LogP) is 0.790. The van der Waals surface area contributed by atoms with E-state index in [1.165, 1.54) is 4.90 Å². The van der Waals surface area contributed by atoms with Gasteiger partial charge in [-0.15, -0.1) is 0 Å². The highest BCUT2D eigenvalue weighted by molar-refractivity contribution is 6.32. The van der Waals surface area contributed by atoms with E-state index in [0.29, 0.717) is 18.9 Å². The van der Waals surface area contributed by atoms with E-state index in [1.807, 2.05) is 11.8 Å². The van der Waals surface area contributed by atoms with Gasteiger partial charge in [0.25, 0.3) is 5.82 Å². The number of rotatable bonds is 2. The molecule has 0 spiro atoms. The molecule has 0 amide bonds. The molecule has 1 aromatic heterocycles. The van der Waals surface area contributed by atoms with Gasteiger partial charge in [0.1, 0.15) is 43.5 Å². The lowest BCUT2D eigenvalue weighted by atomic mass is 10.2. The first-order valence-electron chi connectivity index (χ1n) is 6.60. The van der Waals surface area contributed by atoms with Crippen LogP contribution in [-0.4, -0.2) is 32.2 Å². The lowest BCUT2D eigenvalue weighted by Crippen LogP contribution is -3.17. The molecule has 4 nitrogen and oxygen atoms in total. The fourth-order valence-corrected chi connectivity index (χ4v) is 2.70. The Morgan fingerprint density at radius 3 is 2.52 bits per heavy atom. The monoisotopic (exact) mass is 320 g/mol. The number of nitriles is 1. The Hall–Kier alpha value is -1.52. The van der Waals surface area contributed by atoms with Crippen molar-refractivity contribution >= 4 is 17.4 Å². The number of hydrogen-bond acceptors (Lipinski definition) is 2. The Labute approximate surface area is 125 Å². The SMILES string of the molecule is C[C@H](C#N)[NH+]1CCN(c2[nH+]cc(C(F)(F)F)cc2Cl)CC1. The normalized spacial score (nSPS) is 18.4. The first-order valence-corrected chi connectivity index (χ1v) is 6.98. The quantitative estimate of drug-likeness (QED) is 0.876. The van der Waals surface area contributed by atoms with Crippen LogP contribution in [0.2, 0.25) is 5.02 Å². The molecule has 2 heterocycles. The highest BCUT2D eigenvalue weighted by Gasteiger charge is 2.35. The van der Waals surface area contributed by atoms with E-state index in [1.54, 1.807) is 0 Å². The van der Waals surface area contributed by atoms with Crippen molar-refractivity contribution in [3.63, 3.8) is 0 Å². The smallest absolute Gasteiger partial charge is 0.314 e. The first-order chi connectivity index (χ1) is 9.82. The molecule has 1 aliphatic heterocycles. The summed E-state index contributed by atoms with van der Waals surface area (Å²) in [4.78, 5) is 5.73. The highest BCUT2D eigenvalue weighted by atomic mass is 35.5. The standard InChI is InChI=1S/C13H14ClF3N4/c1-9(7-18)20-2-4-21(5-3-20)12-11(14)6-10(8-19-12)13(15,16)17/h6,8-9H,2-5H2,1H3/p+2/t9-/m1/s1. The zero-order valence-electron chi connectivity index (χ0n) is 11.5. The van der Waals surface area contributed by atoms with Crippen molar-refractivity contribution < 1.29 is 23.1 Å². The van der Waals surface area contributed by atoms with Crippen LogP contribution in [0.5, 0.6) is 0 Å². The topological polar surface area (TPSA) is 45.6 Å². The van der Waals surface area contributed by atoms with Crippen molar-refractivity contribution in [3.05, 3.63) is 22.8 Å². The number of nitrogens with zero attached hydrogens (tertiary/aromatic N) is 2. The summed E-state index contributed by atoms with van der Waals surface area (Å²) in [5.74, 6) is 0.494. The third-order valence-corrected chi connectivity index (χ3v) is 4.02. The molecule has 114 valence electrons. The average molecular weight is 321 g/mol. The Balaban J connectivity index is 2.09. The third-order valence-electron chi connectivity index (χ3n) is 3.73. The van der Waals surface area contributed by atoms with Crippen LogP contribution in [0.3, 0.4) is 0 Å². The Morgan fingerprint density at radius 1 is 1.43 bits per heavy atom. The number of piperazine rings is 1. The molecule has 0 aliphatic carbocycles. The summed E-state index contributed by atoms with van der Waals surface area (Å²) >= 11 is 5.96. The van der Waals surface area contributed by atoms with E-state index in [4.69, 9.17) is 16.9 Å². The molecule has 1 aromatic rings. The molecule has 8 heteroatoms. The second-order valence-corrected chi connectivity index (χ2v) is 5.49. The van der Waals surface area contributed by atoms with Gasteiger partial charge < -0.3 is 4.90 Å². The predicted molar refractivity (Wildman–Crippen MR) is 71.0 cm³/mol. The molecule has 2 N–H and O–H groups in total. The van der Waals surface area contributed by atoms with Gasteiger partial charge in [-0.2, -0.15) is 18.4 Å². The minimum Gasteiger partial charge on any atom is -0.314 e. The molecule has 0 unspecified atom stereocenters. The molecule has 0 saturated carbocycles. The van der Waals surface area contributed by atoms with Gasteiger partial charge in [-0.1, -0.05) is 11.6 Å². The lowest BCUT2D eigenvalue weighted by molar-refractivity contribution is -0.915. The molecule has 0 aromatic carbocycles. The number of alkyl halides is 3. The van der Waals surface area contributed by atoms with Crippen LogP contribution in [0.1, 0.15) is 12.5 Å². The molecule has 0 bridgehead atoms. The Morgan fingerprint density at radius 2 is 2.05 bits per heavy atom. The fraction of sp³-hybridized carbons (Fsp3) is 0.538. The van der Waals surface area contributed by atoms with Crippen molar-refractivity contribution in [2.45, 2.75) is 19.1 Å². The summed E-state index contributed by atoms with van der Waals surface area (Å²) in [7, 11) is 0. The van der Waals surface area contributed by atoms with Gasteiger partial charge in [0.2, 0.25) is 0 Å². The number of quaternary nitrogens is 1. The zero-order valence-corrected chi connectivity index (χ0v) is 12.2. The van der Waals surface area contributed by atoms with Gasteiger partial charge in [-0.25, -0.2) is 9.88 Å². The number of anilines is 1. The van der Waals surface area contributed by atoms with Crippen molar-refractivity contribution in [1.29, 1.82) is 5.26 Å². The number of H-pyrrole nitrogens is 1. The van der Waals surface area contributed by atoms with E-state index in [0.717, 1.165) is 25.4 Å². The van der Waals surface area contributed by atoms with Gasteiger partial charge in [0.15, 0.2) is 6.04 Å². The number of aromatic nitrogens is 1. The number of pyridine rings is 1. The molecule has 1 fully saturated rings. The molecule has 2 rings (SSSR count). The van der Waals surface area contributed by atoms with Crippen molar-refractivity contribution in [1.82, 2.24) is 0 Å². The van der Waals surface area contributed by atoms with Crippen LogP contribution in [0.4, 0.5) is 19.0 Å². The van der Waals surface area contributed by atoms with Crippen LogP contribution in [0.15, 0.2) is 12.3 Å². The lowest BCUT2D eigenvalue weighted by Gasteiger charge is -2.29. The van der Waals surface area contributed by atoms with Crippen molar-refractivity contribution in [2.24, 2.45) is 0 Å². The molecular weight excluding hydrogens is 305 g/mol. The maximum atomic E-state index is 12.6. The second-order valence-electron chi connectivity index (χ2n) is 5.08. The van der Waals surface area contributed by atoms with E-state index >= 15 is 0 Å². The number of halogens is 4. The average Bonchev–Trinajstić information content (AvgIpc) is 2.45.